The molecule has 1 N–H and O–H groups in total. The molecule has 2 rings (SSSR count). The van der Waals surface area contributed by atoms with Crippen molar-refractivity contribution < 1.29 is 0 Å². The van der Waals surface area contributed by atoms with E-state index in [1.165, 1.54) is 11.3 Å². The van der Waals surface area contributed by atoms with E-state index in [0.717, 1.165) is 37.6 Å². The largest absolute Gasteiger partial charge is 0.369 e. The zero-order chi connectivity index (χ0) is 15.4. The van der Waals surface area contributed by atoms with E-state index in [1.54, 1.807) is 0 Å². The van der Waals surface area contributed by atoms with Gasteiger partial charge in [0.25, 0.3) is 0 Å². The van der Waals surface area contributed by atoms with Gasteiger partial charge in [0.05, 0.1) is 0 Å². The number of halogens is 1. The molecule has 1 aliphatic rings. The molecule has 0 bridgehead atoms. The standard InChI is InChI=1S/C17H28ClN3/c1-5-8-19-10-14-9-15(18)6-7-16(14)21-11-13(2)17(12-21)20(3)4/h6-7,9,13,17,19H,5,8,10-12H2,1-4H3. The first-order chi connectivity index (χ1) is 10.0. The summed E-state index contributed by atoms with van der Waals surface area (Å²) in [6.07, 6.45) is 1.15. The van der Waals surface area contributed by atoms with Gasteiger partial charge in [-0.3, -0.25) is 0 Å². The van der Waals surface area contributed by atoms with Crippen molar-refractivity contribution >= 4 is 17.3 Å². The third-order valence-electron chi connectivity index (χ3n) is 4.36. The summed E-state index contributed by atoms with van der Waals surface area (Å²) in [5, 5.41) is 4.31. The van der Waals surface area contributed by atoms with Crippen molar-refractivity contribution in [3.63, 3.8) is 0 Å². The monoisotopic (exact) mass is 309 g/mol. The highest BCUT2D eigenvalue weighted by Crippen LogP contribution is 2.30. The molecule has 2 atom stereocenters. The maximum Gasteiger partial charge on any atom is 0.0413 e. The van der Waals surface area contributed by atoms with E-state index in [-0.39, 0.29) is 0 Å². The van der Waals surface area contributed by atoms with Gasteiger partial charge in [0.2, 0.25) is 0 Å². The van der Waals surface area contributed by atoms with E-state index in [0.29, 0.717) is 12.0 Å². The van der Waals surface area contributed by atoms with E-state index < -0.39 is 0 Å². The fourth-order valence-electron chi connectivity index (χ4n) is 3.22. The lowest BCUT2D eigenvalue weighted by molar-refractivity contribution is 0.266. The summed E-state index contributed by atoms with van der Waals surface area (Å²) in [4.78, 5) is 4.85. The molecule has 3 nitrogen and oxygen atoms in total. The molecule has 0 radical (unpaired) electrons. The van der Waals surface area contributed by atoms with Crippen LogP contribution in [0, 0.1) is 5.92 Å². The number of rotatable bonds is 6. The van der Waals surface area contributed by atoms with E-state index in [4.69, 9.17) is 11.6 Å². The highest BCUT2D eigenvalue weighted by molar-refractivity contribution is 6.30. The Morgan fingerprint density at radius 1 is 1.33 bits per heavy atom. The second kappa shape index (κ2) is 7.48. The quantitative estimate of drug-likeness (QED) is 0.814. The van der Waals surface area contributed by atoms with Crippen molar-refractivity contribution in [2.24, 2.45) is 5.92 Å². The van der Waals surface area contributed by atoms with Crippen molar-refractivity contribution in [1.29, 1.82) is 0 Å². The van der Waals surface area contributed by atoms with Crippen molar-refractivity contribution in [3.8, 4) is 0 Å². The van der Waals surface area contributed by atoms with Crippen LogP contribution in [-0.4, -0.2) is 44.7 Å². The molecule has 0 amide bonds. The lowest BCUT2D eigenvalue weighted by atomic mass is 10.1. The topological polar surface area (TPSA) is 18.5 Å². The van der Waals surface area contributed by atoms with Crippen molar-refractivity contribution in [2.75, 3.05) is 38.6 Å². The van der Waals surface area contributed by atoms with Crippen LogP contribution in [0.15, 0.2) is 18.2 Å². The van der Waals surface area contributed by atoms with Gasteiger partial charge in [-0.15, -0.1) is 0 Å². The second-order valence-electron chi connectivity index (χ2n) is 6.36. The van der Waals surface area contributed by atoms with Gasteiger partial charge in [0, 0.05) is 36.4 Å². The Morgan fingerprint density at radius 2 is 2.10 bits per heavy atom. The first-order valence-corrected chi connectivity index (χ1v) is 8.31. The Balaban J connectivity index is 2.15. The molecule has 21 heavy (non-hydrogen) atoms. The van der Waals surface area contributed by atoms with E-state index in [1.807, 2.05) is 6.07 Å². The van der Waals surface area contributed by atoms with E-state index in [9.17, 15) is 0 Å². The minimum absolute atomic E-state index is 0.622. The van der Waals surface area contributed by atoms with Crippen molar-refractivity contribution in [1.82, 2.24) is 10.2 Å². The van der Waals surface area contributed by atoms with Crippen LogP contribution in [-0.2, 0) is 6.54 Å². The molecule has 2 unspecified atom stereocenters. The molecule has 0 spiro atoms. The summed E-state index contributed by atoms with van der Waals surface area (Å²) in [6.45, 7) is 8.68. The number of hydrogen-bond acceptors (Lipinski definition) is 3. The molecule has 4 heteroatoms. The molecular formula is C17H28ClN3. The fourth-order valence-corrected chi connectivity index (χ4v) is 3.42. The van der Waals surface area contributed by atoms with Gasteiger partial charge in [-0.25, -0.2) is 0 Å². The average molecular weight is 310 g/mol. The normalized spacial score (nSPS) is 22.3. The minimum atomic E-state index is 0.622. The predicted molar refractivity (Wildman–Crippen MR) is 92.3 cm³/mol. The molecule has 118 valence electrons. The van der Waals surface area contributed by atoms with Gasteiger partial charge in [-0.2, -0.15) is 0 Å². The summed E-state index contributed by atoms with van der Waals surface area (Å²) < 4.78 is 0. The Labute approximate surface area is 134 Å². The molecule has 0 aliphatic carbocycles. The molecule has 1 aromatic rings. The first-order valence-electron chi connectivity index (χ1n) is 7.93. The molecule has 0 saturated carbocycles. The molecule has 1 saturated heterocycles. The zero-order valence-corrected chi connectivity index (χ0v) is 14.5. The highest BCUT2D eigenvalue weighted by Gasteiger charge is 2.31. The number of hydrogen-bond donors (Lipinski definition) is 1. The number of anilines is 1. The van der Waals surface area contributed by atoms with Gasteiger partial charge in [-0.05, 0) is 56.7 Å². The fraction of sp³-hybridized carbons (Fsp3) is 0.647. The van der Waals surface area contributed by atoms with Crippen LogP contribution < -0.4 is 10.2 Å². The first kappa shape index (κ1) is 16.6. The van der Waals surface area contributed by atoms with Gasteiger partial charge < -0.3 is 15.1 Å². The molecule has 1 aromatic carbocycles. The van der Waals surface area contributed by atoms with Crippen molar-refractivity contribution in [2.45, 2.75) is 32.9 Å². The van der Waals surface area contributed by atoms with Gasteiger partial charge in [0.1, 0.15) is 0 Å². The van der Waals surface area contributed by atoms with Crippen LogP contribution in [0.4, 0.5) is 5.69 Å². The molecule has 1 fully saturated rings. The maximum atomic E-state index is 6.19. The summed E-state index contributed by atoms with van der Waals surface area (Å²) in [5.41, 5.74) is 2.64. The minimum Gasteiger partial charge on any atom is -0.369 e. The van der Waals surface area contributed by atoms with Gasteiger partial charge in [0.15, 0.2) is 0 Å². The third-order valence-corrected chi connectivity index (χ3v) is 4.60. The number of benzene rings is 1. The van der Waals surface area contributed by atoms with Crippen LogP contribution in [0.25, 0.3) is 0 Å². The predicted octanol–water partition coefficient (Wildman–Crippen LogP) is 3.23. The molecule has 1 aliphatic heterocycles. The Bertz CT molecular complexity index is 461. The number of likely N-dealkylation sites (N-methyl/N-ethyl adjacent to an activating group) is 1. The Kier molecular flexibility index (Phi) is 5.91. The van der Waals surface area contributed by atoms with E-state index in [2.05, 4.69) is 55.2 Å². The van der Waals surface area contributed by atoms with Crippen LogP contribution in [0.2, 0.25) is 5.02 Å². The zero-order valence-electron chi connectivity index (χ0n) is 13.7. The summed E-state index contributed by atoms with van der Waals surface area (Å²) in [7, 11) is 4.35. The smallest absolute Gasteiger partial charge is 0.0413 e. The summed E-state index contributed by atoms with van der Waals surface area (Å²) in [6, 6.07) is 6.91. The molecule has 1 heterocycles. The highest BCUT2D eigenvalue weighted by atomic mass is 35.5. The van der Waals surface area contributed by atoms with Crippen LogP contribution >= 0.6 is 11.6 Å². The van der Waals surface area contributed by atoms with Gasteiger partial charge in [-0.1, -0.05) is 25.4 Å². The van der Waals surface area contributed by atoms with Crippen molar-refractivity contribution in [3.05, 3.63) is 28.8 Å². The SMILES string of the molecule is CCCNCc1cc(Cl)ccc1N1CC(C)C(N(C)C)C1. The Hall–Kier alpha value is -0.770. The summed E-state index contributed by atoms with van der Waals surface area (Å²) >= 11 is 6.19. The number of nitrogens with zero attached hydrogens (tertiary/aromatic N) is 2. The van der Waals surface area contributed by atoms with Crippen LogP contribution in [0.1, 0.15) is 25.8 Å². The maximum absolute atomic E-state index is 6.19. The van der Waals surface area contributed by atoms with Crippen LogP contribution in [0.3, 0.4) is 0 Å². The Morgan fingerprint density at radius 3 is 2.71 bits per heavy atom. The average Bonchev–Trinajstić information content (AvgIpc) is 2.81. The lowest BCUT2D eigenvalue weighted by Crippen LogP contribution is -2.34. The van der Waals surface area contributed by atoms with Gasteiger partial charge >= 0.3 is 0 Å². The molecule has 0 aromatic heterocycles. The number of nitrogens with one attached hydrogen (secondary N) is 1. The molecular weight excluding hydrogens is 282 g/mol. The summed E-state index contributed by atoms with van der Waals surface area (Å²) in [5.74, 6) is 0.687. The van der Waals surface area contributed by atoms with Crippen LogP contribution in [0.5, 0.6) is 0 Å². The van der Waals surface area contributed by atoms with E-state index >= 15 is 0 Å². The lowest BCUT2D eigenvalue weighted by Gasteiger charge is -2.24. The second-order valence-corrected chi connectivity index (χ2v) is 6.80. The third kappa shape index (κ3) is 4.12.